The minimum Gasteiger partial charge on any atom is -0.484 e. The van der Waals surface area contributed by atoms with E-state index in [4.69, 9.17) is 4.74 Å². The summed E-state index contributed by atoms with van der Waals surface area (Å²) in [5, 5.41) is 3.06. The van der Waals surface area contributed by atoms with Crippen molar-refractivity contribution in [3.8, 4) is 5.75 Å². The van der Waals surface area contributed by atoms with Crippen molar-refractivity contribution in [2.24, 2.45) is 0 Å². The molecule has 3 rings (SSSR count). The van der Waals surface area contributed by atoms with Crippen molar-refractivity contribution in [3.05, 3.63) is 65.2 Å². The molecule has 1 aliphatic rings. The summed E-state index contributed by atoms with van der Waals surface area (Å²) in [6.07, 6.45) is 3.49. The van der Waals surface area contributed by atoms with E-state index in [1.165, 1.54) is 23.1 Å². The highest BCUT2D eigenvalue weighted by Gasteiger charge is 2.38. The smallest absolute Gasteiger partial charge is 0.257 e. The molecule has 0 aromatic heterocycles. The van der Waals surface area contributed by atoms with Crippen LogP contribution in [0.2, 0.25) is 0 Å². The second kappa shape index (κ2) is 7.08. The molecule has 24 heavy (non-hydrogen) atoms. The molecule has 1 fully saturated rings. The van der Waals surface area contributed by atoms with Gasteiger partial charge in [0.15, 0.2) is 6.61 Å². The van der Waals surface area contributed by atoms with E-state index in [-0.39, 0.29) is 17.9 Å². The van der Waals surface area contributed by atoms with E-state index in [0.29, 0.717) is 6.54 Å². The van der Waals surface area contributed by atoms with Crippen LogP contribution >= 0.6 is 0 Å². The van der Waals surface area contributed by atoms with Gasteiger partial charge in [-0.25, -0.2) is 0 Å². The van der Waals surface area contributed by atoms with Crippen LogP contribution in [0.4, 0.5) is 0 Å². The quantitative estimate of drug-likeness (QED) is 0.875. The molecule has 1 N–H and O–H groups in total. The number of carbonyl (C=O) groups excluding carboxylic acids is 1. The number of amides is 1. The van der Waals surface area contributed by atoms with Crippen molar-refractivity contribution in [2.45, 2.75) is 38.5 Å². The number of rotatable bonds is 6. The fourth-order valence-electron chi connectivity index (χ4n) is 3.23. The van der Waals surface area contributed by atoms with Crippen LogP contribution in [0.3, 0.4) is 0 Å². The van der Waals surface area contributed by atoms with E-state index >= 15 is 0 Å². The van der Waals surface area contributed by atoms with Crippen molar-refractivity contribution in [3.63, 3.8) is 0 Å². The molecule has 126 valence electrons. The third-order valence-electron chi connectivity index (χ3n) is 5.17. The summed E-state index contributed by atoms with van der Waals surface area (Å²) < 4.78 is 5.61. The summed E-state index contributed by atoms with van der Waals surface area (Å²) in [5.74, 6) is 0.685. The van der Waals surface area contributed by atoms with Gasteiger partial charge in [0.05, 0.1) is 0 Å². The molecular formula is C21H25NO2. The number of ether oxygens (including phenoxy) is 1. The predicted octanol–water partition coefficient (Wildman–Crippen LogP) is 3.92. The van der Waals surface area contributed by atoms with Gasteiger partial charge in [0, 0.05) is 12.0 Å². The van der Waals surface area contributed by atoms with Gasteiger partial charge in [0.25, 0.3) is 5.91 Å². The number of hydrogen-bond acceptors (Lipinski definition) is 2. The number of benzene rings is 2. The van der Waals surface area contributed by atoms with Gasteiger partial charge < -0.3 is 10.1 Å². The van der Waals surface area contributed by atoms with E-state index in [1.807, 2.05) is 31.2 Å². The maximum atomic E-state index is 12.2. The maximum Gasteiger partial charge on any atom is 0.257 e. The molecule has 0 unspecified atom stereocenters. The Bertz CT molecular complexity index is 705. The minimum absolute atomic E-state index is 0.0598. The first-order valence-corrected chi connectivity index (χ1v) is 8.61. The van der Waals surface area contributed by atoms with Gasteiger partial charge in [-0.05, 0) is 55.5 Å². The molecule has 3 heteroatoms. The summed E-state index contributed by atoms with van der Waals surface area (Å²) in [6.45, 7) is 4.86. The second-order valence-corrected chi connectivity index (χ2v) is 6.81. The molecule has 0 saturated heterocycles. The summed E-state index contributed by atoms with van der Waals surface area (Å²) in [5.41, 5.74) is 3.83. The van der Waals surface area contributed by atoms with E-state index in [1.54, 1.807) is 0 Å². The first kappa shape index (κ1) is 16.6. The van der Waals surface area contributed by atoms with Crippen molar-refractivity contribution in [2.75, 3.05) is 13.2 Å². The normalized spacial score (nSPS) is 15.4. The number of carbonyl (C=O) groups is 1. The molecule has 0 atom stereocenters. The Kier molecular flexibility index (Phi) is 4.89. The Morgan fingerprint density at radius 2 is 1.83 bits per heavy atom. The van der Waals surface area contributed by atoms with E-state index in [9.17, 15) is 4.79 Å². The molecule has 0 aliphatic heterocycles. The zero-order chi connectivity index (χ0) is 17.0. The van der Waals surface area contributed by atoms with Gasteiger partial charge >= 0.3 is 0 Å². The molecule has 3 nitrogen and oxygen atoms in total. The molecule has 1 saturated carbocycles. The van der Waals surface area contributed by atoms with Gasteiger partial charge in [-0.2, -0.15) is 0 Å². The van der Waals surface area contributed by atoms with Crippen LogP contribution in [0, 0.1) is 13.8 Å². The SMILES string of the molecule is Cc1ccc(OCC(=O)NCC2(c3ccccc3)CCC2)cc1C. The summed E-state index contributed by atoms with van der Waals surface area (Å²) in [6, 6.07) is 16.4. The fraction of sp³-hybridized carbons (Fsp3) is 0.381. The summed E-state index contributed by atoms with van der Waals surface area (Å²) >= 11 is 0. The lowest BCUT2D eigenvalue weighted by molar-refractivity contribution is -0.123. The molecule has 2 aromatic carbocycles. The average molecular weight is 323 g/mol. The topological polar surface area (TPSA) is 38.3 Å². The van der Waals surface area contributed by atoms with Gasteiger partial charge in [0.1, 0.15) is 5.75 Å². The lowest BCUT2D eigenvalue weighted by Gasteiger charge is -2.42. The Morgan fingerprint density at radius 1 is 1.08 bits per heavy atom. The molecular weight excluding hydrogens is 298 g/mol. The second-order valence-electron chi connectivity index (χ2n) is 6.81. The van der Waals surface area contributed by atoms with Gasteiger partial charge in [-0.3, -0.25) is 4.79 Å². The predicted molar refractivity (Wildman–Crippen MR) is 96.4 cm³/mol. The van der Waals surface area contributed by atoms with Crippen LogP contribution in [0.25, 0.3) is 0 Å². The monoisotopic (exact) mass is 323 g/mol. The molecule has 0 radical (unpaired) electrons. The Hall–Kier alpha value is -2.29. The lowest BCUT2D eigenvalue weighted by Crippen LogP contribution is -2.46. The largest absolute Gasteiger partial charge is 0.484 e. The maximum absolute atomic E-state index is 12.2. The summed E-state index contributed by atoms with van der Waals surface area (Å²) in [7, 11) is 0. The Labute approximate surface area is 144 Å². The first-order chi connectivity index (χ1) is 11.6. The Balaban J connectivity index is 1.52. The first-order valence-electron chi connectivity index (χ1n) is 8.61. The third-order valence-corrected chi connectivity index (χ3v) is 5.17. The molecule has 0 heterocycles. The zero-order valence-corrected chi connectivity index (χ0v) is 14.5. The average Bonchev–Trinajstić information content (AvgIpc) is 2.56. The van der Waals surface area contributed by atoms with Crippen molar-refractivity contribution >= 4 is 5.91 Å². The number of aryl methyl sites for hydroxylation is 2. The molecule has 0 spiro atoms. The number of nitrogens with one attached hydrogen (secondary N) is 1. The van der Waals surface area contributed by atoms with E-state index in [2.05, 4.69) is 36.5 Å². The fourth-order valence-corrected chi connectivity index (χ4v) is 3.23. The van der Waals surface area contributed by atoms with Gasteiger partial charge in [-0.1, -0.05) is 42.8 Å². The third kappa shape index (κ3) is 3.61. The minimum atomic E-state index is -0.0598. The molecule has 1 aliphatic carbocycles. The van der Waals surface area contributed by atoms with Crippen LogP contribution in [0.15, 0.2) is 48.5 Å². The van der Waals surface area contributed by atoms with Crippen LogP contribution in [-0.4, -0.2) is 19.1 Å². The van der Waals surface area contributed by atoms with Crippen LogP contribution in [-0.2, 0) is 10.2 Å². The van der Waals surface area contributed by atoms with Crippen molar-refractivity contribution < 1.29 is 9.53 Å². The van der Waals surface area contributed by atoms with E-state index in [0.717, 1.165) is 18.6 Å². The van der Waals surface area contributed by atoms with E-state index < -0.39 is 0 Å². The molecule has 2 aromatic rings. The lowest BCUT2D eigenvalue weighted by atomic mass is 9.64. The van der Waals surface area contributed by atoms with Gasteiger partial charge in [0.2, 0.25) is 0 Å². The van der Waals surface area contributed by atoms with Crippen molar-refractivity contribution in [1.82, 2.24) is 5.32 Å². The Morgan fingerprint density at radius 3 is 2.46 bits per heavy atom. The summed E-state index contributed by atoms with van der Waals surface area (Å²) in [4.78, 5) is 12.2. The number of hydrogen-bond donors (Lipinski definition) is 1. The molecule has 1 amide bonds. The highest BCUT2D eigenvalue weighted by molar-refractivity contribution is 5.77. The standard InChI is InChI=1S/C21H25NO2/c1-16-9-10-19(13-17(16)2)24-14-20(23)22-15-21(11-6-12-21)18-7-4-3-5-8-18/h3-5,7-10,13H,6,11-12,14-15H2,1-2H3,(H,22,23). The van der Waals surface area contributed by atoms with Crippen LogP contribution in [0.1, 0.15) is 36.0 Å². The van der Waals surface area contributed by atoms with Crippen LogP contribution in [0.5, 0.6) is 5.75 Å². The van der Waals surface area contributed by atoms with Gasteiger partial charge in [-0.15, -0.1) is 0 Å². The highest BCUT2D eigenvalue weighted by atomic mass is 16.5. The molecule has 0 bridgehead atoms. The van der Waals surface area contributed by atoms with Crippen molar-refractivity contribution in [1.29, 1.82) is 0 Å². The zero-order valence-electron chi connectivity index (χ0n) is 14.5. The van der Waals surface area contributed by atoms with Crippen LogP contribution < -0.4 is 10.1 Å². The highest BCUT2D eigenvalue weighted by Crippen LogP contribution is 2.43.